The maximum atomic E-state index is 11.7. The van der Waals surface area contributed by atoms with E-state index in [0.29, 0.717) is 0 Å². The number of carbonyl (C=O) groups is 2. The van der Waals surface area contributed by atoms with Crippen LogP contribution in [-0.4, -0.2) is 24.0 Å². The lowest BCUT2D eigenvalue weighted by molar-refractivity contribution is -0.154. The maximum absolute atomic E-state index is 11.7. The first-order valence-electron chi connectivity index (χ1n) is 6.60. The van der Waals surface area contributed by atoms with E-state index in [4.69, 9.17) is 4.74 Å². The number of hydrogen-bond donors (Lipinski definition) is 1. The van der Waals surface area contributed by atoms with Gasteiger partial charge in [-0.1, -0.05) is 29.8 Å². The van der Waals surface area contributed by atoms with Crippen LogP contribution >= 0.6 is 0 Å². The second kappa shape index (κ2) is 5.87. The van der Waals surface area contributed by atoms with E-state index in [-0.39, 0.29) is 24.3 Å². The van der Waals surface area contributed by atoms with Crippen LogP contribution < -0.4 is 5.32 Å². The van der Waals surface area contributed by atoms with Crippen LogP contribution in [0.5, 0.6) is 0 Å². The van der Waals surface area contributed by atoms with Crippen LogP contribution in [-0.2, 0) is 20.7 Å². The van der Waals surface area contributed by atoms with Crippen molar-refractivity contribution in [1.82, 2.24) is 5.32 Å². The molecule has 1 atom stereocenters. The van der Waals surface area contributed by atoms with Gasteiger partial charge in [0, 0.05) is 6.04 Å². The molecule has 0 radical (unpaired) electrons. The van der Waals surface area contributed by atoms with Crippen LogP contribution in [0.2, 0.25) is 0 Å². The first kappa shape index (κ1) is 13.6. The summed E-state index contributed by atoms with van der Waals surface area (Å²) in [6, 6.07) is 7.97. The molecule has 102 valence electrons. The molecule has 0 spiro atoms. The van der Waals surface area contributed by atoms with Gasteiger partial charge < -0.3 is 10.1 Å². The van der Waals surface area contributed by atoms with Crippen molar-refractivity contribution in [3.05, 3.63) is 35.4 Å². The van der Waals surface area contributed by atoms with E-state index in [1.807, 2.05) is 31.2 Å². The Morgan fingerprint density at radius 1 is 1.32 bits per heavy atom. The lowest BCUT2D eigenvalue weighted by atomic mass is 10.1. The molecule has 0 aliphatic heterocycles. The molecule has 1 amide bonds. The predicted octanol–water partition coefficient (Wildman–Crippen LogP) is 1.75. The lowest BCUT2D eigenvalue weighted by Crippen LogP contribution is -2.37. The van der Waals surface area contributed by atoms with Crippen LogP contribution in [0.25, 0.3) is 0 Å². The molecule has 4 heteroatoms. The van der Waals surface area contributed by atoms with Crippen LogP contribution in [0.1, 0.15) is 30.9 Å². The Hall–Kier alpha value is -1.84. The Morgan fingerprint density at radius 2 is 1.95 bits per heavy atom. The molecule has 19 heavy (non-hydrogen) atoms. The van der Waals surface area contributed by atoms with Crippen molar-refractivity contribution < 1.29 is 14.3 Å². The summed E-state index contributed by atoms with van der Waals surface area (Å²) in [5, 5.41) is 2.81. The largest absolute Gasteiger partial charge is 0.452 e. The summed E-state index contributed by atoms with van der Waals surface area (Å²) in [6.07, 6.45) is 1.52. The van der Waals surface area contributed by atoms with Crippen molar-refractivity contribution in [3.8, 4) is 0 Å². The van der Waals surface area contributed by atoms with E-state index in [2.05, 4.69) is 5.32 Å². The molecule has 4 nitrogen and oxygen atoms in total. The Kier molecular flexibility index (Phi) is 4.20. The zero-order chi connectivity index (χ0) is 13.8. The quantitative estimate of drug-likeness (QED) is 0.821. The number of esters is 1. The first-order valence-corrected chi connectivity index (χ1v) is 6.60. The topological polar surface area (TPSA) is 55.4 Å². The van der Waals surface area contributed by atoms with E-state index >= 15 is 0 Å². The molecule has 0 aromatic heterocycles. The summed E-state index contributed by atoms with van der Waals surface area (Å²) in [4.78, 5) is 23.3. The van der Waals surface area contributed by atoms with Crippen molar-refractivity contribution in [2.45, 2.75) is 45.3 Å². The van der Waals surface area contributed by atoms with Gasteiger partial charge in [0.2, 0.25) is 0 Å². The highest BCUT2D eigenvalue weighted by Crippen LogP contribution is 2.18. The van der Waals surface area contributed by atoms with Crippen LogP contribution in [0.4, 0.5) is 0 Å². The molecular weight excluding hydrogens is 242 g/mol. The Bertz CT molecular complexity index is 463. The number of rotatable bonds is 5. The van der Waals surface area contributed by atoms with Gasteiger partial charge in [-0.3, -0.25) is 9.59 Å². The van der Waals surface area contributed by atoms with Gasteiger partial charge >= 0.3 is 5.97 Å². The minimum atomic E-state index is -0.724. The molecule has 1 unspecified atom stereocenters. The standard InChI is InChI=1S/C15H19NO3/c1-10-3-5-12(6-4-10)9-14(17)19-11(2)15(18)16-13-7-8-13/h3-6,11,13H,7-9H2,1-2H3,(H,16,18). The summed E-state index contributed by atoms with van der Waals surface area (Å²) in [5.41, 5.74) is 2.04. The maximum Gasteiger partial charge on any atom is 0.311 e. The highest BCUT2D eigenvalue weighted by atomic mass is 16.5. The molecule has 1 aliphatic rings. The van der Waals surface area contributed by atoms with Crippen LogP contribution in [0.3, 0.4) is 0 Å². The Balaban J connectivity index is 1.79. The molecule has 0 bridgehead atoms. The van der Waals surface area contributed by atoms with Crippen LogP contribution in [0.15, 0.2) is 24.3 Å². The van der Waals surface area contributed by atoms with E-state index < -0.39 is 6.10 Å². The molecule has 1 aromatic rings. The lowest BCUT2D eigenvalue weighted by Gasteiger charge is -2.13. The van der Waals surface area contributed by atoms with Crippen molar-refractivity contribution >= 4 is 11.9 Å². The number of aryl methyl sites for hydroxylation is 1. The second-order valence-electron chi connectivity index (χ2n) is 5.08. The molecular formula is C15H19NO3. The third kappa shape index (κ3) is 4.39. The van der Waals surface area contributed by atoms with Gasteiger partial charge in [-0.2, -0.15) is 0 Å². The van der Waals surface area contributed by atoms with E-state index in [9.17, 15) is 9.59 Å². The number of ether oxygens (including phenoxy) is 1. The SMILES string of the molecule is Cc1ccc(CC(=O)OC(C)C(=O)NC2CC2)cc1. The smallest absolute Gasteiger partial charge is 0.311 e. The highest BCUT2D eigenvalue weighted by Gasteiger charge is 2.27. The minimum absolute atomic E-state index is 0.196. The number of hydrogen-bond acceptors (Lipinski definition) is 3. The summed E-state index contributed by atoms with van der Waals surface area (Å²) in [7, 11) is 0. The number of amides is 1. The Labute approximate surface area is 113 Å². The van der Waals surface area contributed by atoms with E-state index in [0.717, 1.165) is 24.0 Å². The fraction of sp³-hybridized carbons (Fsp3) is 0.467. The minimum Gasteiger partial charge on any atom is -0.452 e. The fourth-order valence-corrected chi connectivity index (χ4v) is 1.71. The van der Waals surface area contributed by atoms with Gasteiger partial charge in [0.15, 0.2) is 6.10 Å². The van der Waals surface area contributed by atoms with Gasteiger partial charge in [-0.25, -0.2) is 0 Å². The highest BCUT2D eigenvalue weighted by molar-refractivity contribution is 5.84. The van der Waals surface area contributed by atoms with E-state index in [1.54, 1.807) is 6.92 Å². The van der Waals surface area contributed by atoms with Gasteiger partial charge in [-0.15, -0.1) is 0 Å². The van der Waals surface area contributed by atoms with Gasteiger partial charge in [0.25, 0.3) is 5.91 Å². The molecule has 0 saturated heterocycles. The normalized spacial score (nSPS) is 15.7. The monoisotopic (exact) mass is 261 g/mol. The third-order valence-electron chi connectivity index (χ3n) is 3.07. The van der Waals surface area contributed by atoms with Crippen molar-refractivity contribution in [2.24, 2.45) is 0 Å². The second-order valence-corrected chi connectivity index (χ2v) is 5.08. The van der Waals surface area contributed by atoms with Crippen molar-refractivity contribution in [3.63, 3.8) is 0 Å². The number of carbonyl (C=O) groups excluding carboxylic acids is 2. The molecule has 0 heterocycles. The average Bonchev–Trinajstić information content (AvgIpc) is 3.16. The molecule has 1 aromatic carbocycles. The molecule has 2 rings (SSSR count). The summed E-state index contributed by atoms with van der Waals surface area (Å²) >= 11 is 0. The summed E-state index contributed by atoms with van der Waals surface area (Å²) in [6.45, 7) is 3.59. The van der Waals surface area contributed by atoms with Gasteiger partial charge in [-0.05, 0) is 32.3 Å². The van der Waals surface area contributed by atoms with Crippen molar-refractivity contribution in [2.75, 3.05) is 0 Å². The average molecular weight is 261 g/mol. The predicted molar refractivity (Wildman–Crippen MR) is 71.6 cm³/mol. The van der Waals surface area contributed by atoms with Gasteiger partial charge in [0.1, 0.15) is 0 Å². The van der Waals surface area contributed by atoms with Gasteiger partial charge in [0.05, 0.1) is 6.42 Å². The number of benzene rings is 1. The third-order valence-corrected chi connectivity index (χ3v) is 3.07. The fourth-order valence-electron chi connectivity index (χ4n) is 1.71. The van der Waals surface area contributed by atoms with E-state index in [1.165, 1.54) is 0 Å². The molecule has 1 saturated carbocycles. The van der Waals surface area contributed by atoms with Crippen molar-refractivity contribution in [1.29, 1.82) is 0 Å². The molecule has 1 N–H and O–H groups in total. The molecule has 1 aliphatic carbocycles. The number of nitrogens with one attached hydrogen (secondary N) is 1. The summed E-state index contributed by atoms with van der Waals surface area (Å²) < 4.78 is 5.12. The first-order chi connectivity index (χ1) is 9.04. The Morgan fingerprint density at radius 3 is 2.53 bits per heavy atom. The molecule has 1 fully saturated rings. The zero-order valence-electron chi connectivity index (χ0n) is 11.3. The van der Waals surface area contributed by atoms with Crippen LogP contribution in [0, 0.1) is 6.92 Å². The zero-order valence-corrected chi connectivity index (χ0v) is 11.3. The summed E-state index contributed by atoms with van der Waals surface area (Å²) in [5.74, 6) is -0.581.